The second-order valence-electron chi connectivity index (χ2n) is 9.00. The van der Waals surface area contributed by atoms with Crippen molar-refractivity contribution in [3.8, 4) is 0 Å². The van der Waals surface area contributed by atoms with Crippen molar-refractivity contribution in [1.29, 1.82) is 0 Å². The van der Waals surface area contributed by atoms with Gasteiger partial charge in [0.25, 0.3) is 0 Å². The number of nitrogens with zero attached hydrogens (tertiary/aromatic N) is 2. The predicted molar refractivity (Wildman–Crippen MR) is 113 cm³/mol. The lowest BCUT2D eigenvalue weighted by Crippen LogP contribution is -2.56. The van der Waals surface area contributed by atoms with Crippen molar-refractivity contribution in [1.82, 2.24) is 15.5 Å². The third kappa shape index (κ3) is 5.60. The quantitative estimate of drug-likeness (QED) is 0.524. The van der Waals surface area contributed by atoms with Gasteiger partial charge in [-0.15, -0.1) is 0 Å². The summed E-state index contributed by atoms with van der Waals surface area (Å²) in [5.41, 5.74) is -0.0279. The number of ether oxygens (including phenoxy) is 1. The molecule has 0 radical (unpaired) electrons. The Hall–Kier alpha value is -0.810. The molecule has 2 N–H and O–H groups in total. The maximum absolute atomic E-state index is 6.34. The van der Waals surface area contributed by atoms with Crippen molar-refractivity contribution in [2.45, 2.75) is 108 Å². The van der Waals surface area contributed by atoms with Gasteiger partial charge < -0.3 is 20.3 Å². The number of rotatable bonds is 7. The van der Waals surface area contributed by atoms with E-state index in [1.54, 1.807) is 0 Å². The molecule has 2 aliphatic heterocycles. The lowest BCUT2D eigenvalue weighted by atomic mass is 9.82. The first-order valence-electron chi connectivity index (χ1n) is 11.6. The van der Waals surface area contributed by atoms with Crippen LogP contribution in [0.3, 0.4) is 0 Å². The van der Waals surface area contributed by atoms with Crippen LogP contribution in [0.1, 0.15) is 84.5 Å². The molecule has 156 valence electrons. The number of aliphatic imine (C=N–C) groups is 1. The van der Waals surface area contributed by atoms with Gasteiger partial charge in [0.15, 0.2) is 5.96 Å². The van der Waals surface area contributed by atoms with Gasteiger partial charge in [-0.1, -0.05) is 32.6 Å². The SMILES string of the molecule is CCCOC1(CN=C(NCC)NC2CC3CCCC(C2)N3C)CCCCC1. The van der Waals surface area contributed by atoms with E-state index in [1.165, 1.54) is 51.4 Å². The Balaban J connectivity index is 1.61. The zero-order chi connectivity index (χ0) is 19.1. The van der Waals surface area contributed by atoms with Crippen LogP contribution in [-0.2, 0) is 4.74 Å². The van der Waals surface area contributed by atoms with Gasteiger partial charge in [0.1, 0.15) is 0 Å². The van der Waals surface area contributed by atoms with E-state index in [-0.39, 0.29) is 5.60 Å². The Kier molecular flexibility index (Phi) is 7.83. The van der Waals surface area contributed by atoms with Gasteiger partial charge in [-0.05, 0) is 58.9 Å². The smallest absolute Gasteiger partial charge is 0.191 e. The highest BCUT2D eigenvalue weighted by molar-refractivity contribution is 5.80. The van der Waals surface area contributed by atoms with Gasteiger partial charge >= 0.3 is 0 Å². The van der Waals surface area contributed by atoms with Crippen molar-refractivity contribution in [3.63, 3.8) is 0 Å². The van der Waals surface area contributed by atoms with Crippen LogP contribution in [0.5, 0.6) is 0 Å². The molecule has 0 aromatic carbocycles. The fourth-order valence-electron chi connectivity index (χ4n) is 5.33. The van der Waals surface area contributed by atoms with Gasteiger partial charge in [-0.3, -0.25) is 4.99 Å². The number of fused-ring (bicyclic) bond motifs is 2. The molecule has 27 heavy (non-hydrogen) atoms. The van der Waals surface area contributed by atoms with Gasteiger partial charge in [0, 0.05) is 31.3 Å². The topological polar surface area (TPSA) is 48.9 Å². The first kappa shape index (κ1) is 20.9. The Morgan fingerprint density at radius 2 is 1.78 bits per heavy atom. The van der Waals surface area contributed by atoms with Gasteiger partial charge in [0.05, 0.1) is 12.1 Å². The number of hydrogen-bond donors (Lipinski definition) is 2. The van der Waals surface area contributed by atoms with Crippen LogP contribution in [0.25, 0.3) is 0 Å². The highest BCUT2D eigenvalue weighted by atomic mass is 16.5. The number of nitrogens with one attached hydrogen (secondary N) is 2. The van der Waals surface area contributed by atoms with E-state index in [1.807, 2.05) is 0 Å². The molecule has 3 aliphatic rings. The summed E-state index contributed by atoms with van der Waals surface area (Å²) >= 11 is 0. The highest BCUT2D eigenvalue weighted by Gasteiger charge is 2.36. The van der Waals surface area contributed by atoms with Crippen LogP contribution < -0.4 is 10.6 Å². The van der Waals surface area contributed by atoms with Gasteiger partial charge in [-0.2, -0.15) is 0 Å². The normalized spacial score (nSPS) is 31.5. The summed E-state index contributed by atoms with van der Waals surface area (Å²) in [6.07, 6.45) is 13.9. The summed E-state index contributed by atoms with van der Waals surface area (Å²) in [4.78, 5) is 7.65. The molecule has 2 atom stereocenters. The second-order valence-corrected chi connectivity index (χ2v) is 9.00. The third-order valence-electron chi connectivity index (χ3n) is 6.93. The highest BCUT2D eigenvalue weighted by Crippen LogP contribution is 2.33. The lowest BCUT2D eigenvalue weighted by Gasteiger charge is -2.47. The average molecular weight is 379 g/mol. The standard InChI is InChI=1S/C22H42N4O/c1-4-14-27-22(12-7-6-8-13-22)17-24-21(23-5-2)25-18-15-19-10-9-11-20(16-18)26(19)3/h18-20H,4-17H2,1-3H3,(H2,23,24,25). The molecule has 3 rings (SSSR count). The Morgan fingerprint density at radius 3 is 2.41 bits per heavy atom. The molecule has 0 aromatic rings. The van der Waals surface area contributed by atoms with Crippen LogP contribution in [-0.4, -0.2) is 61.3 Å². The molecule has 0 aromatic heterocycles. The maximum atomic E-state index is 6.34. The second kappa shape index (κ2) is 10.1. The van der Waals surface area contributed by atoms with E-state index in [2.05, 4.69) is 36.4 Å². The van der Waals surface area contributed by atoms with Crippen LogP contribution >= 0.6 is 0 Å². The fraction of sp³-hybridized carbons (Fsp3) is 0.955. The lowest BCUT2D eigenvalue weighted by molar-refractivity contribution is -0.0625. The van der Waals surface area contributed by atoms with Gasteiger partial charge in [0.2, 0.25) is 0 Å². The predicted octanol–water partition coefficient (Wildman–Crippen LogP) is 3.69. The molecule has 3 fully saturated rings. The summed E-state index contributed by atoms with van der Waals surface area (Å²) in [5, 5.41) is 7.27. The molecule has 2 heterocycles. The van der Waals surface area contributed by atoms with Crippen LogP contribution in [0.2, 0.25) is 0 Å². The molecule has 2 unspecified atom stereocenters. The third-order valence-corrected chi connectivity index (χ3v) is 6.93. The van der Waals surface area contributed by atoms with E-state index < -0.39 is 0 Å². The minimum atomic E-state index is -0.0279. The van der Waals surface area contributed by atoms with E-state index in [0.717, 1.165) is 57.0 Å². The van der Waals surface area contributed by atoms with Crippen molar-refractivity contribution in [3.05, 3.63) is 0 Å². The maximum Gasteiger partial charge on any atom is 0.191 e. The first-order valence-corrected chi connectivity index (χ1v) is 11.6. The minimum Gasteiger partial charge on any atom is -0.373 e. The summed E-state index contributed by atoms with van der Waals surface area (Å²) in [7, 11) is 2.32. The molecule has 1 aliphatic carbocycles. The van der Waals surface area contributed by atoms with E-state index in [4.69, 9.17) is 9.73 Å². The zero-order valence-electron chi connectivity index (χ0n) is 17.9. The molecule has 5 heteroatoms. The largest absolute Gasteiger partial charge is 0.373 e. The molecule has 0 spiro atoms. The van der Waals surface area contributed by atoms with E-state index in [0.29, 0.717) is 6.04 Å². The van der Waals surface area contributed by atoms with Crippen LogP contribution in [0.15, 0.2) is 4.99 Å². The Labute approximate surface area is 166 Å². The molecule has 5 nitrogen and oxygen atoms in total. The number of piperidine rings is 2. The zero-order valence-corrected chi connectivity index (χ0v) is 17.9. The van der Waals surface area contributed by atoms with Crippen molar-refractivity contribution >= 4 is 5.96 Å². The molecule has 0 amide bonds. The molecular weight excluding hydrogens is 336 g/mol. The van der Waals surface area contributed by atoms with Gasteiger partial charge in [-0.25, -0.2) is 0 Å². The first-order chi connectivity index (χ1) is 13.2. The molecule has 2 saturated heterocycles. The van der Waals surface area contributed by atoms with E-state index in [9.17, 15) is 0 Å². The Morgan fingerprint density at radius 1 is 1.07 bits per heavy atom. The van der Waals surface area contributed by atoms with Crippen LogP contribution in [0, 0.1) is 0 Å². The Bertz CT molecular complexity index is 461. The number of guanidine groups is 1. The summed E-state index contributed by atoms with van der Waals surface area (Å²) in [6, 6.07) is 2.04. The van der Waals surface area contributed by atoms with Crippen molar-refractivity contribution < 1.29 is 4.74 Å². The van der Waals surface area contributed by atoms with Crippen LogP contribution in [0.4, 0.5) is 0 Å². The molecule has 2 bridgehead atoms. The average Bonchev–Trinajstić information content (AvgIpc) is 2.66. The summed E-state index contributed by atoms with van der Waals surface area (Å²) in [5.74, 6) is 0.996. The summed E-state index contributed by atoms with van der Waals surface area (Å²) < 4.78 is 6.34. The molecule has 1 saturated carbocycles. The van der Waals surface area contributed by atoms with E-state index >= 15 is 0 Å². The van der Waals surface area contributed by atoms with Crippen molar-refractivity contribution in [2.24, 2.45) is 4.99 Å². The monoisotopic (exact) mass is 378 g/mol. The van der Waals surface area contributed by atoms with Crippen molar-refractivity contribution in [2.75, 3.05) is 26.7 Å². The number of hydrogen-bond acceptors (Lipinski definition) is 3. The fourth-order valence-corrected chi connectivity index (χ4v) is 5.33. The summed E-state index contributed by atoms with van der Waals surface area (Å²) in [6.45, 7) is 6.92. The molecular formula is C22H42N4O. The minimum absolute atomic E-state index is 0.0279.